The van der Waals surface area contributed by atoms with E-state index in [4.69, 9.17) is 4.74 Å². The standard InChI is InChI=1S/C23H24F2IO4S/c1-13-19(27)9-10-23(31(28,29)15-5-3-14(4-6-15)18-11-26-18)20-16(24)7-8-17(25)21(20)30-12-22(13,23)2/h3-8,13,18-19,27H,9-12H2,1-2H3/q-1/t13-,18?,19-,22+,23-/m0/s1. The van der Waals surface area contributed by atoms with Crippen molar-refractivity contribution in [2.75, 3.05) is 11.0 Å². The summed E-state index contributed by atoms with van der Waals surface area (Å²) in [5.41, 5.74) is -0.243. The predicted molar refractivity (Wildman–Crippen MR) is 107 cm³/mol. The van der Waals surface area contributed by atoms with E-state index in [1.54, 1.807) is 26.0 Å². The quantitative estimate of drug-likeness (QED) is 0.449. The van der Waals surface area contributed by atoms with Crippen molar-refractivity contribution in [2.24, 2.45) is 11.3 Å². The van der Waals surface area contributed by atoms with Crippen LogP contribution in [0.15, 0.2) is 41.3 Å². The zero-order chi connectivity index (χ0) is 22.2. The number of alkyl halides is 2. The average molecular weight is 561 g/mol. The summed E-state index contributed by atoms with van der Waals surface area (Å²) in [4.78, 5) is 0.0985. The molecule has 2 aliphatic heterocycles. The molecule has 168 valence electrons. The van der Waals surface area contributed by atoms with E-state index in [1.165, 1.54) is 4.43 Å². The van der Waals surface area contributed by atoms with Gasteiger partial charge in [-0.3, -0.25) is 0 Å². The van der Waals surface area contributed by atoms with Crippen molar-refractivity contribution >= 4 is 9.84 Å². The molecule has 0 amide bonds. The maximum absolute atomic E-state index is 15.3. The Labute approximate surface area is 191 Å². The molecule has 2 aromatic carbocycles. The molecule has 0 aromatic heterocycles. The van der Waals surface area contributed by atoms with E-state index in [0.717, 1.165) is 17.7 Å². The molecular formula is C23H24F2IO4S-. The number of fused-ring (bicyclic) bond motifs is 3. The summed E-state index contributed by atoms with van der Waals surface area (Å²) in [6, 6.07) is 8.83. The van der Waals surface area contributed by atoms with Crippen LogP contribution < -0.4 is 25.9 Å². The molecule has 2 heterocycles. The van der Waals surface area contributed by atoms with Gasteiger partial charge in [-0.2, -0.15) is 0 Å². The Morgan fingerprint density at radius 3 is 2.42 bits per heavy atom. The number of rotatable bonds is 3. The van der Waals surface area contributed by atoms with Gasteiger partial charge in [0.15, 0.2) is 0 Å². The first-order chi connectivity index (χ1) is 14.6. The van der Waals surface area contributed by atoms with Crippen LogP contribution in [0.1, 0.15) is 41.7 Å². The van der Waals surface area contributed by atoms with Gasteiger partial charge in [-0.05, 0) is 0 Å². The molecule has 2 aromatic rings. The molecule has 0 radical (unpaired) electrons. The molecule has 8 heteroatoms. The second kappa shape index (κ2) is 7.12. The van der Waals surface area contributed by atoms with E-state index in [0.29, 0.717) is 3.92 Å². The van der Waals surface area contributed by atoms with Gasteiger partial charge in [-0.1, -0.05) is 0 Å². The van der Waals surface area contributed by atoms with E-state index >= 15 is 4.39 Å². The van der Waals surface area contributed by atoms with Crippen LogP contribution in [0.5, 0.6) is 5.75 Å². The summed E-state index contributed by atoms with van der Waals surface area (Å²) < 4.78 is 64.3. The Balaban J connectivity index is 1.79. The molecule has 3 aliphatic rings. The van der Waals surface area contributed by atoms with Crippen LogP contribution in [0.3, 0.4) is 0 Å². The SMILES string of the molecule is C[C@H]1[C@@H](O)CC[C@]2(S(=O)(=O)c3ccc(C4C[I-]4)cc3)c3c(F)ccc(F)c3OC[C@]12C. The summed E-state index contributed by atoms with van der Waals surface area (Å²) in [6.07, 6.45) is -0.587. The number of benzene rings is 2. The van der Waals surface area contributed by atoms with Crippen LogP contribution >= 0.6 is 0 Å². The molecule has 1 saturated heterocycles. The van der Waals surface area contributed by atoms with Gasteiger partial charge in [-0.15, -0.1) is 0 Å². The maximum atomic E-state index is 15.3. The zero-order valence-corrected chi connectivity index (χ0v) is 20.2. The number of aliphatic hydroxyl groups excluding tert-OH is 1. The predicted octanol–water partition coefficient (Wildman–Crippen LogP) is 0.967. The monoisotopic (exact) mass is 561 g/mol. The first-order valence-electron chi connectivity index (χ1n) is 10.3. The van der Waals surface area contributed by atoms with Crippen LogP contribution in [-0.2, 0) is 14.6 Å². The number of hydrogen-bond donors (Lipinski definition) is 1. The molecule has 0 bridgehead atoms. The third-order valence-corrected chi connectivity index (χ3v) is 12.8. The first-order valence-corrected chi connectivity index (χ1v) is 14.6. The fraction of sp³-hybridized carbons (Fsp3) is 0.478. The normalized spacial score (nSPS) is 34.7. The van der Waals surface area contributed by atoms with Crippen molar-refractivity contribution in [2.45, 2.75) is 46.4 Å². The van der Waals surface area contributed by atoms with E-state index in [9.17, 15) is 17.9 Å². The Kier molecular flexibility index (Phi) is 4.95. The molecular weight excluding hydrogens is 537 g/mol. The van der Waals surface area contributed by atoms with E-state index in [2.05, 4.69) is 0 Å². The average Bonchev–Trinajstić information content (AvgIpc) is 3.59. The first kappa shape index (κ1) is 21.6. The summed E-state index contributed by atoms with van der Waals surface area (Å²) in [6.45, 7) is 3.36. The van der Waals surface area contributed by atoms with Crippen molar-refractivity contribution in [3.63, 3.8) is 0 Å². The molecule has 2 fully saturated rings. The Hall–Kier alpha value is -1.26. The van der Waals surface area contributed by atoms with Crippen molar-refractivity contribution in [3.05, 3.63) is 59.2 Å². The fourth-order valence-electron chi connectivity index (χ4n) is 5.47. The number of ether oxygens (including phenoxy) is 1. The Bertz CT molecular complexity index is 1150. The molecule has 1 unspecified atom stereocenters. The minimum atomic E-state index is -4.16. The zero-order valence-electron chi connectivity index (χ0n) is 17.2. The van der Waals surface area contributed by atoms with Gasteiger partial charge in [-0.25, -0.2) is 0 Å². The van der Waals surface area contributed by atoms with Crippen LogP contribution in [0.4, 0.5) is 8.78 Å². The summed E-state index contributed by atoms with van der Waals surface area (Å²) in [7, 11) is -4.16. The Morgan fingerprint density at radius 2 is 1.77 bits per heavy atom. The van der Waals surface area contributed by atoms with Crippen molar-refractivity contribution < 1.29 is 48.2 Å². The van der Waals surface area contributed by atoms with Crippen LogP contribution in [0, 0.1) is 23.0 Å². The molecule has 1 N–H and O–H groups in total. The van der Waals surface area contributed by atoms with Gasteiger partial charge in [0.25, 0.3) is 0 Å². The van der Waals surface area contributed by atoms with Gasteiger partial charge in [0.05, 0.1) is 0 Å². The van der Waals surface area contributed by atoms with Crippen molar-refractivity contribution in [1.29, 1.82) is 0 Å². The third kappa shape index (κ3) is 2.86. The molecule has 1 aliphatic carbocycles. The summed E-state index contributed by atoms with van der Waals surface area (Å²) >= 11 is 0.181. The van der Waals surface area contributed by atoms with Crippen LogP contribution in [-0.4, -0.2) is 30.7 Å². The topological polar surface area (TPSA) is 63.6 Å². The second-order valence-corrected chi connectivity index (χ2v) is 14.5. The number of halogens is 3. The Morgan fingerprint density at radius 1 is 1.13 bits per heavy atom. The molecule has 5 atom stereocenters. The van der Waals surface area contributed by atoms with Crippen LogP contribution in [0.2, 0.25) is 0 Å². The number of aliphatic hydroxyl groups is 1. The molecule has 1 saturated carbocycles. The molecule has 0 spiro atoms. The van der Waals surface area contributed by atoms with Crippen molar-refractivity contribution in [1.82, 2.24) is 0 Å². The summed E-state index contributed by atoms with van der Waals surface area (Å²) in [5, 5.41) is 10.6. The number of hydrogen-bond acceptors (Lipinski definition) is 4. The third-order valence-electron chi connectivity index (χ3n) is 7.60. The molecule has 4 nitrogen and oxygen atoms in total. The number of sulfone groups is 1. The fourth-order valence-corrected chi connectivity index (χ4v) is 9.75. The van der Waals surface area contributed by atoms with Gasteiger partial charge in [0.1, 0.15) is 0 Å². The minimum absolute atomic E-state index is 0.00999. The van der Waals surface area contributed by atoms with Crippen LogP contribution in [0.25, 0.3) is 0 Å². The van der Waals surface area contributed by atoms with E-state index < -0.39 is 43.7 Å². The van der Waals surface area contributed by atoms with E-state index in [-0.39, 0.29) is 56.9 Å². The van der Waals surface area contributed by atoms with E-state index in [1.807, 2.05) is 12.1 Å². The summed E-state index contributed by atoms with van der Waals surface area (Å²) in [5.74, 6) is -2.40. The van der Waals surface area contributed by atoms with Gasteiger partial charge in [0, 0.05) is 0 Å². The molecule has 5 rings (SSSR count). The molecule has 31 heavy (non-hydrogen) atoms. The van der Waals surface area contributed by atoms with Gasteiger partial charge in [0.2, 0.25) is 0 Å². The van der Waals surface area contributed by atoms with Gasteiger partial charge < -0.3 is 0 Å². The van der Waals surface area contributed by atoms with Crippen molar-refractivity contribution in [3.8, 4) is 5.75 Å². The van der Waals surface area contributed by atoms with Gasteiger partial charge >= 0.3 is 192 Å². The second-order valence-electron chi connectivity index (χ2n) is 9.01.